The van der Waals surface area contributed by atoms with E-state index in [1.165, 1.54) is 7.05 Å². The molecule has 0 fully saturated rings. The van der Waals surface area contributed by atoms with Crippen molar-refractivity contribution >= 4 is 39.2 Å². The summed E-state index contributed by atoms with van der Waals surface area (Å²) in [5, 5.41) is 11.9. The van der Waals surface area contributed by atoms with Gasteiger partial charge in [0.15, 0.2) is 0 Å². The minimum atomic E-state index is -4.17. The van der Waals surface area contributed by atoms with Gasteiger partial charge < -0.3 is 10.4 Å². The molecule has 0 saturated heterocycles. The van der Waals surface area contributed by atoms with Gasteiger partial charge in [0.25, 0.3) is 5.91 Å². The average molecular weight is 549 g/mol. The fourth-order valence-electron chi connectivity index (χ4n) is 3.86. The van der Waals surface area contributed by atoms with Gasteiger partial charge in [0.2, 0.25) is 10.0 Å². The van der Waals surface area contributed by atoms with E-state index in [0.717, 1.165) is 33.1 Å². The number of sulfonamides is 1. The highest BCUT2D eigenvalue weighted by Crippen LogP contribution is 2.33. The first-order valence-corrected chi connectivity index (χ1v) is 13.5. The number of carboxylic acids is 1. The van der Waals surface area contributed by atoms with Crippen molar-refractivity contribution in [2.45, 2.75) is 11.3 Å². The predicted molar refractivity (Wildman–Crippen MR) is 148 cm³/mol. The maximum absolute atomic E-state index is 13.4. The molecule has 9 heteroatoms. The van der Waals surface area contributed by atoms with Gasteiger partial charge in [0.1, 0.15) is 4.90 Å². The van der Waals surface area contributed by atoms with Gasteiger partial charge in [-0.15, -0.1) is 0 Å². The Hall–Kier alpha value is -3.98. The van der Waals surface area contributed by atoms with E-state index in [0.29, 0.717) is 12.0 Å². The number of amides is 1. The maximum atomic E-state index is 13.4. The summed E-state index contributed by atoms with van der Waals surface area (Å²) in [7, 11) is -2.77. The lowest BCUT2D eigenvalue weighted by atomic mass is 10.0. The standard InChI is InChI=1S/C29H25ClN2O5S/c1-32(17-16-20-8-4-2-5-9-20)38(36,37)26-19-24(29(34)35)18-25(27(26)30)31-28(33)23-14-12-22(13-15-23)21-10-6-3-7-11-21/h2-15,18-19H,16-17H2,1H3,(H,31,33)(H,34,35). The molecule has 1 amide bonds. The van der Waals surface area contributed by atoms with Crippen LogP contribution in [0.15, 0.2) is 102 Å². The molecule has 38 heavy (non-hydrogen) atoms. The van der Waals surface area contributed by atoms with Crippen molar-refractivity contribution < 1.29 is 23.1 Å². The van der Waals surface area contributed by atoms with Gasteiger partial charge in [0.05, 0.1) is 16.3 Å². The molecule has 7 nitrogen and oxygen atoms in total. The number of nitrogens with zero attached hydrogens (tertiary/aromatic N) is 1. The fraction of sp³-hybridized carbons (Fsp3) is 0.103. The summed E-state index contributed by atoms with van der Waals surface area (Å²) in [4.78, 5) is 24.4. The fourth-order valence-corrected chi connectivity index (χ4v) is 5.59. The number of likely N-dealkylation sites (N-methyl/N-ethyl adjacent to an activating group) is 1. The summed E-state index contributed by atoms with van der Waals surface area (Å²) in [5.74, 6) is -1.91. The van der Waals surface area contributed by atoms with Crippen molar-refractivity contribution in [1.29, 1.82) is 0 Å². The van der Waals surface area contributed by atoms with E-state index in [4.69, 9.17) is 11.6 Å². The Balaban J connectivity index is 1.60. The van der Waals surface area contributed by atoms with Crippen LogP contribution in [0.1, 0.15) is 26.3 Å². The van der Waals surface area contributed by atoms with E-state index < -0.39 is 26.8 Å². The molecule has 0 heterocycles. The molecule has 2 N–H and O–H groups in total. The lowest BCUT2D eigenvalue weighted by Gasteiger charge is -2.20. The molecule has 0 aliphatic rings. The lowest BCUT2D eigenvalue weighted by Crippen LogP contribution is -2.29. The highest BCUT2D eigenvalue weighted by atomic mass is 35.5. The quantitative estimate of drug-likeness (QED) is 0.274. The van der Waals surface area contributed by atoms with Crippen LogP contribution in [0.3, 0.4) is 0 Å². The molecular formula is C29H25ClN2O5S. The van der Waals surface area contributed by atoms with E-state index in [1.54, 1.807) is 24.3 Å². The molecule has 0 saturated carbocycles. The van der Waals surface area contributed by atoms with Crippen molar-refractivity contribution in [3.05, 3.63) is 119 Å². The van der Waals surface area contributed by atoms with Crippen LogP contribution >= 0.6 is 11.6 Å². The molecular weight excluding hydrogens is 524 g/mol. The number of carboxylic acid groups (broad SMARTS) is 1. The monoisotopic (exact) mass is 548 g/mol. The minimum Gasteiger partial charge on any atom is -0.478 e. The largest absolute Gasteiger partial charge is 0.478 e. The van der Waals surface area contributed by atoms with Crippen molar-refractivity contribution in [2.75, 3.05) is 18.9 Å². The molecule has 0 spiro atoms. The number of carbonyl (C=O) groups is 2. The Morgan fingerprint density at radius 3 is 2.03 bits per heavy atom. The van der Waals surface area contributed by atoms with E-state index in [1.807, 2.05) is 60.7 Å². The number of nitrogens with one attached hydrogen (secondary N) is 1. The topological polar surface area (TPSA) is 104 Å². The smallest absolute Gasteiger partial charge is 0.335 e. The number of carbonyl (C=O) groups excluding carboxylic acids is 1. The van der Waals surface area contributed by atoms with Crippen LogP contribution in [0, 0.1) is 0 Å². The van der Waals surface area contributed by atoms with E-state index >= 15 is 0 Å². The van der Waals surface area contributed by atoms with Crippen LogP contribution in [0.2, 0.25) is 5.02 Å². The number of hydrogen-bond acceptors (Lipinski definition) is 4. The second-order valence-corrected chi connectivity index (χ2v) is 11.0. The van der Waals surface area contributed by atoms with Crippen LogP contribution in [0.5, 0.6) is 0 Å². The Morgan fingerprint density at radius 1 is 0.842 bits per heavy atom. The van der Waals surface area contributed by atoms with Crippen molar-refractivity contribution in [1.82, 2.24) is 4.31 Å². The van der Waals surface area contributed by atoms with Crippen LogP contribution in [0.25, 0.3) is 11.1 Å². The van der Waals surface area contributed by atoms with Crippen LogP contribution < -0.4 is 5.32 Å². The third-order valence-corrected chi connectivity index (χ3v) is 8.44. The molecule has 0 aromatic heterocycles. The molecule has 0 bridgehead atoms. The summed E-state index contributed by atoms with van der Waals surface area (Å²) < 4.78 is 27.8. The number of hydrogen-bond donors (Lipinski definition) is 2. The van der Waals surface area contributed by atoms with E-state index in [9.17, 15) is 23.1 Å². The summed E-state index contributed by atoms with van der Waals surface area (Å²) in [6.45, 7) is 0.148. The highest BCUT2D eigenvalue weighted by Gasteiger charge is 2.27. The molecule has 0 radical (unpaired) electrons. The highest BCUT2D eigenvalue weighted by molar-refractivity contribution is 7.89. The van der Waals surface area contributed by atoms with Crippen LogP contribution in [-0.2, 0) is 16.4 Å². The molecule has 4 aromatic carbocycles. The first-order chi connectivity index (χ1) is 18.2. The molecule has 194 valence electrons. The van der Waals surface area contributed by atoms with Crippen molar-refractivity contribution in [2.24, 2.45) is 0 Å². The Labute approximate surface area is 226 Å². The van der Waals surface area contributed by atoms with Gasteiger partial charge in [-0.3, -0.25) is 4.79 Å². The molecule has 0 atom stereocenters. The van der Waals surface area contributed by atoms with Crippen LogP contribution in [-0.4, -0.2) is 43.3 Å². The third-order valence-electron chi connectivity index (χ3n) is 6.04. The van der Waals surface area contributed by atoms with Crippen LogP contribution in [0.4, 0.5) is 5.69 Å². The molecule has 4 rings (SSSR count). The van der Waals surface area contributed by atoms with Crippen molar-refractivity contribution in [3.63, 3.8) is 0 Å². The summed E-state index contributed by atoms with van der Waals surface area (Å²) in [6, 6.07) is 28.0. The van der Waals surface area contributed by atoms with Gasteiger partial charge in [-0.1, -0.05) is 84.4 Å². The number of benzene rings is 4. The van der Waals surface area contributed by atoms with E-state index in [-0.39, 0.29) is 22.8 Å². The zero-order valence-corrected chi connectivity index (χ0v) is 22.0. The van der Waals surface area contributed by atoms with Gasteiger partial charge >= 0.3 is 5.97 Å². The Bertz CT molecular complexity index is 1560. The van der Waals surface area contributed by atoms with Gasteiger partial charge in [-0.2, -0.15) is 0 Å². The molecule has 0 unspecified atom stereocenters. The zero-order chi connectivity index (χ0) is 27.3. The second-order valence-electron chi connectivity index (χ2n) is 8.60. The minimum absolute atomic E-state index is 0.112. The first-order valence-electron chi connectivity index (χ1n) is 11.7. The number of aromatic carboxylic acids is 1. The molecule has 0 aliphatic carbocycles. The third kappa shape index (κ3) is 6.11. The lowest BCUT2D eigenvalue weighted by molar-refractivity contribution is 0.0696. The first kappa shape index (κ1) is 27.1. The zero-order valence-electron chi connectivity index (χ0n) is 20.5. The number of anilines is 1. The summed E-state index contributed by atoms with van der Waals surface area (Å²) in [5.41, 5.74) is 2.72. The SMILES string of the molecule is CN(CCc1ccccc1)S(=O)(=O)c1cc(C(=O)O)cc(NC(=O)c2ccc(-c3ccccc3)cc2)c1Cl. The number of rotatable bonds is 9. The Kier molecular flexibility index (Phi) is 8.26. The summed E-state index contributed by atoms with van der Waals surface area (Å²) >= 11 is 6.45. The predicted octanol–water partition coefficient (Wildman–Crippen LogP) is 5.82. The van der Waals surface area contributed by atoms with Crippen molar-refractivity contribution in [3.8, 4) is 11.1 Å². The Morgan fingerprint density at radius 2 is 1.42 bits per heavy atom. The van der Waals surface area contributed by atoms with Gasteiger partial charge in [-0.05, 0) is 47.4 Å². The van der Waals surface area contributed by atoms with Gasteiger partial charge in [0, 0.05) is 19.2 Å². The molecule has 4 aromatic rings. The molecule has 0 aliphatic heterocycles. The maximum Gasteiger partial charge on any atom is 0.335 e. The number of halogens is 1. The second kappa shape index (κ2) is 11.6. The van der Waals surface area contributed by atoms with Gasteiger partial charge in [-0.25, -0.2) is 17.5 Å². The normalized spacial score (nSPS) is 11.3. The van der Waals surface area contributed by atoms with E-state index in [2.05, 4.69) is 5.32 Å². The summed E-state index contributed by atoms with van der Waals surface area (Å²) in [6.07, 6.45) is 0.454. The average Bonchev–Trinajstić information content (AvgIpc) is 2.93.